The van der Waals surface area contributed by atoms with Crippen LogP contribution in [0.2, 0.25) is 0 Å². The first-order valence-electron chi connectivity index (χ1n) is 6.73. The van der Waals surface area contributed by atoms with Gasteiger partial charge >= 0.3 is 0 Å². The predicted octanol–water partition coefficient (Wildman–Crippen LogP) is 5.09. The minimum atomic E-state index is -0.381. The van der Waals surface area contributed by atoms with E-state index in [9.17, 15) is 10.1 Å². The molecule has 0 radical (unpaired) electrons. The highest BCUT2D eigenvalue weighted by atomic mass is 79.9. The van der Waals surface area contributed by atoms with Crippen LogP contribution in [0.25, 0.3) is 0 Å². The Morgan fingerprint density at radius 3 is 2.67 bits per heavy atom. The molecule has 2 rings (SSSR count). The van der Waals surface area contributed by atoms with Gasteiger partial charge in [-0.3, -0.25) is 10.1 Å². The number of non-ortho nitro benzene ring substituents is 1. The van der Waals surface area contributed by atoms with Crippen molar-refractivity contribution in [1.29, 1.82) is 0 Å². The first-order chi connectivity index (χ1) is 9.95. The van der Waals surface area contributed by atoms with Crippen LogP contribution in [-0.2, 0) is 6.54 Å². The van der Waals surface area contributed by atoms with E-state index < -0.39 is 0 Å². The quantitative estimate of drug-likeness (QED) is 0.604. The van der Waals surface area contributed by atoms with Crippen LogP contribution < -0.4 is 5.32 Å². The van der Waals surface area contributed by atoms with Crippen LogP contribution in [-0.4, -0.2) is 4.92 Å². The van der Waals surface area contributed by atoms with Crippen LogP contribution in [0.3, 0.4) is 0 Å². The highest BCUT2D eigenvalue weighted by Gasteiger charge is 2.08. The molecule has 110 valence electrons. The molecule has 0 aliphatic rings. The topological polar surface area (TPSA) is 55.2 Å². The molecule has 0 heterocycles. The Labute approximate surface area is 132 Å². The standard InChI is InChI=1S/C16H17BrN2O2/c1-11(2)13-4-3-5-15(8-13)18-10-12-6-14(17)9-16(7-12)19(20)21/h3-9,11,18H,10H2,1-2H3. The van der Waals surface area contributed by atoms with Gasteiger partial charge < -0.3 is 5.32 Å². The molecule has 0 unspecified atom stereocenters. The van der Waals surface area contributed by atoms with Crippen LogP contribution in [0.4, 0.5) is 11.4 Å². The fourth-order valence-corrected chi connectivity index (χ4v) is 2.58. The third-order valence-corrected chi connectivity index (χ3v) is 3.66. The molecule has 1 N–H and O–H groups in total. The summed E-state index contributed by atoms with van der Waals surface area (Å²) in [5.41, 5.74) is 3.24. The summed E-state index contributed by atoms with van der Waals surface area (Å²) in [5, 5.41) is 14.2. The van der Waals surface area contributed by atoms with Gasteiger partial charge in [0.2, 0.25) is 0 Å². The van der Waals surface area contributed by atoms with Crippen LogP contribution in [0.15, 0.2) is 46.9 Å². The first-order valence-corrected chi connectivity index (χ1v) is 7.52. The highest BCUT2D eigenvalue weighted by Crippen LogP contribution is 2.23. The Morgan fingerprint density at radius 1 is 1.24 bits per heavy atom. The summed E-state index contributed by atoms with van der Waals surface area (Å²) in [4.78, 5) is 10.5. The van der Waals surface area contributed by atoms with Crippen molar-refractivity contribution in [3.05, 3.63) is 68.2 Å². The van der Waals surface area contributed by atoms with Gasteiger partial charge in [-0.2, -0.15) is 0 Å². The number of hydrogen-bond donors (Lipinski definition) is 1. The lowest BCUT2D eigenvalue weighted by atomic mass is 10.0. The second kappa shape index (κ2) is 6.72. The molecule has 5 heteroatoms. The molecule has 0 aliphatic carbocycles. The summed E-state index contributed by atoms with van der Waals surface area (Å²) < 4.78 is 0.712. The van der Waals surface area contributed by atoms with Crippen LogP contribution >= 0.6 is 15.9 Å². The molecule has 0 saturated carbocycles. The highest BCUT2D eigenvalue weighted by molar-refractivity contribution is 9.10. The third-order valence-electron chi connectivity index (χ3n) is 3.20. The largest absolute Gasteiger partial charge is 0.381 e. The van der Waals surface area contributed by atoms with E-state index in [2.05, 4.69) is 47.2 Å². The molecule has 2 aromatic carbocycles. The van der Waals surface area contributed by atoms with Crippen LogP contribution in [0, 0.1) is 10.1 Å². The average Bonchev–Trinajstić information content (AvgIpc) is 2.45. The van der Waals surface area contributed by atoms with Crippen LogP contribution in [0.5, 0.6) is 0 Å². The van der Waals surface area contributed by atoms with Gasteiger partial charge in [-0.05, 0) is 35.2 Å². The smallest absolute Gasteiger partial charge is 0.270 e. The van der Waals surface area contributed by atoms with E-state index in [1.54, 1.807) is 6.07 Å². The minimum absolute atomic E-state index is 0.0945. The van der Waals surface area contributed by atoms with E-state index in [0.29, 0.717) is 16.9 Å². The van der Waals surface area contributed by atoms with E-state index >= 15 is 0 Å². The fraction of sp³-hybridized carbons (Fsp3) is 0.250. The number of benzene rings is 2. The van der Waals surface area contributed by atoms with Crippen LogP contribution in [0.1, 0.15) is 30.9 Å². The molecule has 0 amide bonds. The molecule has 4 nitrogen and oxygen atoms in total. The van der Waals surface area contributed by atoms with Gasteiger partial charge in [0.05, 0.1) is 4.92 Å². The maximum absolute atomic E-state index is 10.9. The molecular formula is C16H17BrN2O2. The monoisotopic (exact) mass is 348 g/mol. The molecule has 0 fully saturated rings. The van der Waals surface area contributed by atoms with Crippen molar-refractivity contribution in [2.24, 2.45) is 0 Å². The van der Waals surface area contributed by atoms with E-state index in [1.807, 2.05) is 18.2 Å². The molecule has 0 spiro atoms. The van der Waals surface area contributed by atoms with Gasteiger partial charge in [0.15, 0.2) is 0 Å². The Morgan fingerprint density at radius 2 is 2.00 bits per heavy atom. The van der Waals surface area contributed by atoms with Gasteiger partial charge in [-0.15, -0.1) is 0 Å². The lowest BCUT2D eigenvalue weighted by Gasteiger charge is -2.10. The summed E-state index contributed by atoms with van der Waals surface area (Å²) in [6, 6.07) is 13.2. The Bertz CT molecular complexity index is 656. The molecule has 2 aromatic rings. The number of nitrogens with zero attached hydrogens (tertiary/aromatic N) is 1. The van der Waals surface area contributed by atoms with Crippen molar-refractivity contribution in [2.75, 3.05) is 5.32 Å². The fourth-order valence-electron chi connectivity index (χ4n) is 2.05. The molecule has 0 atom stereocenters. The molecule has 0 saturated heterocycles. The summed E-state index contributed by atoms with van der Waals surface area (Å²) >= 11 is 3.31. The first kappa shape index (κ1) is 15.5. The lowest BCUT2D eigenvalue weighted by molar-refractivity contribution is -0.385. The minimum Gasteiger partial charge on any atom is -0.381 e. The van der Waals surface area contributed by atoms with E-state index in [-0.39, 0.29) is 10.6 Å². The Balaban J connectivity index is 2.13. The van der Waals surface area contributed by atoms with Gasteiger partial charge in [-0.25, -0.2) is 0 Å². The van der Waals surface area contributed by atoms with Gasteiger partial charge in [-0.1, -0.05) is 41.9 Å². The second-order valence-electron chi connectivity index (χ2n) is 5.21. The Kier molecular flexibility index (Phi) is 4.96. The zero-order valence-corrected chi connectivity index (χ0v) is 13.6. The lowest BCUT2D eigenvalue weighted by Crippen LogP contribution is -2.01. The number of anilines is 1. The molecule has 21 heavy (non-hydrogen) atoms. The summed E-state index contributed by atoms with van der Waals surface area (Å²) in [6.45, 7) is 4.84. The van der Waals surface area contributed by atoms with E-state index in [1.165, 1.54) is 11.6 Å². The van der Waals surface area contributed by atoms with Crippen molar-refractivity contribution >= 4 is 27.3 Å². The normalized spacial score (nSPS) is 10.7. The second-order valence-corrected chi connectivity index (χ2v) is 6.12. The van der Waals surface area contributed by atoms with Gasteiger partial charge in [0, 0.05) is 28.8 Å². The predicted molar refractivity (Wildman–Crippen MR) is 88.7 cm³/mol. The maximum atomic E-state index is 10.9. The number of halogens is 1. The van der Waals surface area contributed by atoms with Crippen molar-refractivity contribution in [3.63, 3.8) is 0 Å². The SMILES string of the molecule is CC(C)c1cccc(NCc2cc(Br)cc([N+](=O)[O-])c2)c1. The number of hydrogen-bond acceptors (Lipinski definition) is 3. The van der Waals surface area contributed by atoms with Crippen molar-refractivity contribution in [1.82, 2.24) is 0 Å². The summed E-state index contributed by atoms with van der Waals surface area (Å²) in [6.07, 6.45) is 0. The number of nitro benzene ring substituents is 1. The molecule has 0 aliphatic heterocycles. The van der Waals surface area contributed by atoms with Crippen molar-refractivity contribution in [3.8, 4) is 0 Å². The number of rotatable bonds is 5. The Hall–Kier alpha value is -1.88. The summed E-state index contributed by atoms with van der Waals surface area (Å²) in [7, 11) is 0. The molecule has 0 bridgehead atoms. The van der Waals surface area contributed by atoms with Gasteiger partial charge in [0.1, 0.15) is 0 Å². The zero-order chi connectivity index (χ0) is 15.4. The molecule has 0 aromatic heterocycles. The van der Waals surface area contributed by atoms with E-state index in [0.717, 1.165) is 11.3 Å². The van der Waals surface area contributed by atoms with E-state index in [4.69, 9.17) is 0 Å². The molecular weight excluding hydrogens is 332 g/mol. The number of nitrogens with one attached hydrogen (secondary N) is 1. The maximum Gasteiger partial charge on any atom is 0.270 e. The average molecular weight is 349 g/mol. The third kappa shape index (κ3) is 4.29. The van der Waals surface area contributed by atoms with Gasteiger partial charge in [0.25, 0.3) is 5.69 Å². The van der Waals surface area contributed by atoms with Crippen molar-refractivity contribution < 1.29 is 4.92 Å². The summed E-state index contributed by atoms with van der Waals surface area (Å²) in [5.74, 6) is 0.471. The zero-order valence-electron chi connectivity index (χ0n) is 12.0. The number of nitro groups is 1. The van der Waals surface area contributed by atoms with Crippen molar-refractivity contribution in [2.45, 2.75) is 26.3 Å².